The highest BCUT2D eigenvalue weighted by molar-refractivity contribution is 7.26. The van der Waals surface area contributed by atoms with E-state index in [2.05, 4.69) is 96.0 Å². The first-order valence-corrected chi connectivity index (χ1v) is 22.7. The second-order valence-electron chi connectivity index (χ2n) is 16.3. The third kappa shape index (κ3) is 7.02. The van der Waals surface area contributed by atoms with E-state index in [0.29, 0.717) is 40.4 Å². The van der Waals surface area contributed by atoms with Gasteiger partial charge in [0.2, 0.25) is 11.8 Å². The normalized spacial score (nSPS) is 11.6. The van der Waals surface area contributed by atoms with Gasteiger partial charge in [0, 0.05) is 60.4 Å². The smallest absolute Gasteiger partial charge is 0.227 e. The van der Waals surface area contributed by atoms with Crippen molar-refractivity contribution < 1.29 is 8.83 Å². The van der Waals surface area contributed by atoms with Crippen LogP contribution in [0, 0.1) is 0 Å². The Bertz CT molecular complexity index is 3820. The number of pyridine rings is 1. The highest BCUT2D eigenvalue weighted by Crippen LogP contribution is 2.44. The van der Waals surface area contributed by atoms with Crippen LogP contribution < -0.4 is 0 Å². The molecule has 0 amide bonds. The maximum atomic E-state index is 6.28. The number of nitrogens with zero attached hydrogens (tertiary/aromatic N) is 6. The molecule has 13 aromatic rings. The lowest BCUT2D eigenvalue weighted by atomic mass is 9.98. The summed E-state index contributed by atoms with van der Waals surface area (Å²) in [5.41, 5.74) is 13.9. The van der Waals surface area contributed by atoms with Gasteiger partial charge in [0.1, 0.15) is 11.0 Å². The van der Waals surface area contributed by atoms with E-state index in [1.807, 2.05) is 121 Å². The number of rotatable bonds is 8. The predicted molar refractivity (Wildman–Crippen MR) is 269 cm³/mol. The number of thiophene rings is 1. The Labute approximate surface area is 387 Å². The van der Waals surface area contributed by atoms with Crippen molar-refractivity contribution in [2.24, 2.45) is 0 Å². The minimum atomic E-state index is 0.504. The van der Waals surface area contributed by atoms with Crippen LogP contribution in [0.5, 0.6) is 0 Å². The molecule has 0 fully saturated rings. The summed E-state index contributed by atoms with van der Waals surface area (Å²) in [6.45, 7) is 0. The number of hydrogen-bond donors (Lipinski definition) is 0. The van der Waals surface area contributed by atoms with Crippen LogP contribution in [-0.4, -0.2) is 29.9 Å². The summed E-state index contributed by atoms with van der Waals surface area (Å²) in [5, 5.41) is 2.48. The predicted octanol–water partition coefficient (Wildman–Crippen LogP) is 15.3. The first-order chi connectivity index (χ1) is 33.1. The van der Waals surface area contributed by atoms with Gasteiger partial charge in [-0.25, -0.2) is 24.9 Å². The Kier molecular flexibility index (Phi) is 9.17. The Morgan fingerprint density at radius 2 is 0.776 bits per heavy atom. The maximum Gasteiger partial charge on any atom is 0.227 e. The largest absolute Gasteiger partial charge is 0.436 e. The molecule has 0 saturated heterocycles. The molecule has 5 heterocycles. The van der Waals surface area contributed by atoms with E-state index < -0.39 is 0 Å². The third-order valence-electron chi connectivity index (χ3n) is 12.1. The van der Waals surface area contributed by atoms with Crippen molar-refractivity contribution >= 4 is 53.7 Å². The average molecular weight is 879 g/mol. The SMILES string of the molecule is c1ccc(-c2nc3ccc(-c4nc(-c5ccc(-c6cccc7c6sc6c(-c8ccc(-c9cccnc9)cc8)cccc67)cc5)nc(-c5ccc6nc(-c7ccccc7)oc6c5)n4)cc3o2)cc1. The minimum absolute atomic E-state index is 0.504. The number of hydrogen-bond acceptors (Lipinski definition) is 9. The molecule has 5 aromatic heterocycles. The van der Waals surface area contributed by atoms with Crippen LogP contribution in [0.2, 0.25) is 0 Å². The Balaban J connectivity index is 0.886. The zero-order chi connectivity index (χ0) is 44.3. The van der Waals surface area contributed by atoms with Crippen LogP contribution in [-0.2, 0) is 0 Å². The molecule has 0 aliphatic rings. The molecule has 0 atom stereocenters. The quantitative estimate of drug-likeness (QED) is 0.149. The van der Waals surface area contributed by atoms with E-state index >= 15 is 0 Å². The molecule has 314 valence electrons. The van der Waals surface area contributed by atoms with Gasteiger partial charge in [-0.2, -0.15) is 0 Å². The van der Waals surface area contributed by atoms with E-state index in [-0.39, 0.29) is 0 Å². The summed E-state index contributed by atoms with van der Waals surface area (Å²) in [6.07, 6.45) is 3.70. The first-order valence-electron chi connectivity index (χ1n) is 21.9. The van der Waals surface area contributed by atoms with E-state index in [0.717, 1.165) is 55.5 Å². The zero-order valence-electron chi connectivity index (χ0n) is 35.5. The van der Waals surface area contributed by atoms with Gasteiger partial charge in [-0.1, -0.05) is 127 Å². The molecule has 0 aliphatic carbocycles. The highest BCUT2D eigenvalue weighted by atomic mass is 32.1. The molecule has 0 radical (unpaired) electrons. The molecule has 0 unspecified atom stereocenters. The van der Waals surface area contributed by atoms with Crippen molar-refractivity contribution in [1.29, 1.82) is 0 Å². The monoisotopic (exact) mass is 878 g/mol. The van der Waals surface area contributed by atoms with Crippen molar-refractivity contribution in [3.8, 4) is 90.5 Å². The number of aromatic nitrogens is 6. The fourth-order valence-corrected chi connectivity index (χ4v) is 10.1. The van der Waals surface area contributed by atoms with Gasteiger partial charge in [-0.05, 0) is 100 Å². The second kappa shape index (κ2) is 16.0. The highest BCUT2D eigenvalue weighted by Gasteiger charge is 2.19. The van der Waals surface area contributed by atoms with Crippen LogP contribution in [0.1, 0.15) is 0 Å². The lowest BCUT2D eigenvalue weighted by Crippen LogP contribution is -2.00. The van der Waals surface area contributed by atoms with E-state index in [9.17, 15) is 0 Å². The molecule has 13 rings (SSSR count). The molecule has 0 aliphatic heterocycles. The van der Waals surface area contributed by atoms with E-state index in [1.54, 1.807) is 6.20 Å². The molecule has 67 heavy (non-hydrogen) atoms. The molecule has 8 nitrogen and oxygen atoms in total. The maximum absolute atomic E-state index is 6.28. The van der Waals surface area contributed by atoms with Crippen LogP contribution in [0.15, 0.2) is 215 Å². The van der Waals surface area contributed by atoms with Crippen molar-refractivity contribution in [3.05, 3.63) is 207 Å². The van der Waals surface area contributed by atoms with Crippen molar-refractivity contribution in [2.45, 2.75) is 0 Å². The molecule has 0 bridgehead atoms. The summed E-state index contributed by atoms with van der Waals surface area (Å²) in [7, 11) is 0. The fourth-order valence-electron chi connectivity index (χ4n) is 8.75. The number of fused-ring (bicyclic) bond motifs is 5. The van der Waals surface area contributed by atoms with Crippen molar-refractivity contribution in [3.63, 3.8) is 0 Å². The fraction of sp³-hybridized carbons (Fsp3) is 0. The van der Waals surface area contributed by atoms with E-state index in [4.69, 9.17) is 33.8 Å². The summed E-state index contributed by atoms with van der Waals surface area (Å²) in [4.78, 5) is 29.1. The Morgan fingerprint density at radius 1 is 0.328 bits per heavy atom. The van der Waals surface area contributed by atoms with Crippen molar-refractivity contribution in [1.82, 2.24) is 29.9 Å². The van der Waals surface area contributed by atoms with Gasteiger partial charge in [0.25, 0.3) is 0 Å². The average Bonchev–Trinajstić information content (AvgIpc) is 4.15. The van der Waals surface area contributed by atoms with Crippen LogP contribution in [0.4, 0.5) is 0 Å². The standard InChI is InChI=1S/C58H34N6O2S/c1-3-10-39(11-4-1)57-60-48-29-27-41(32-50(48)65-57)55-62-54(63-56(64-55)42-28-30-49-51(33-42)66-58(61-49)40-12-5-2-6-13-40)38-25-23-37(24-26-38)45-16-8-18-47-46-17-7-15-44(52(46)67-53(45)47)36-21-19-35(20-22-36)43-14-9-31-59-34-43/h1-34H. The summed E-state index contributed by atoms with van der Waals surface area (Å²) >= 11 is 1.84. The summed E-state index contributed by atoms with van der Waals surface area (Å²) in [5.74, 6) is 2.65. The second-order valence-corrected chi connectivity index (χ2v) is 17.3. The third-order valence-corrected chi connectivity index (χ3v) is 13.4. The Morgan fingerprint density at radius 3 is 1.27 bits per heavy atom. The number of benzene rings is 8. The van der Waals surface area contributed by atoms with Crippen LogP contribution in [0.3, 0.4) is 0 Å². The lowest BCUT2D eigenvalue weighted by Gasteiger charge is -2.09. The Hall–Kier alpha value is -8.92. The first kappa shape index (κ1) is 38.5. The van der Waals surface area contributed by atoms with Gasteiger partial charge in [-0.3, -0.25) is 4.98 Å². The molecule has 8 aromatic carbocycles. The van der Waals surface area contributed by atoms with Gasteiger partial charge < -0.3 is 8.83 Å². The zero-order valence-corrected chi connectivity index (χ0v) is 36.4. The van der Waals surface area contributed by atoms with Crippen LogP contribution in [0.25, 0.3) is 133 Å². The van der Waals surface area contributed by atoms with Gasteiger partial charge in [-0.15, -0.1) is 11.3 Å². The molecule has 0 saturated carbocycles. The molecular weight excluding hydrogens is 845 g/mol. The van der Waals surface area contributed by atoms with Crippen molar-refractivity contribution in [2.75, 3.05) is 0 Å². The van der Waals surface area contributed by atoms with Gasteiger partial charge in [0.15, 0.2) is 28.6 Å². The van der Waals surface area contributed by atoms with Gasteiger partial charge in [0.05, 0.1) is 0 Å². The summed E-state index contributed by atoms with van der Waals surface area (Å²) < 4.78 is 15.1. The molecule has 0 spiro atoms. The lowest BCUT2D eigenvalue weighted by molar-refractivity contribution is 0.619. The van der Waals surface area contributed by atoms with E-state index in [1.165, 1.54) is 36.9 Å². The minimum Gasteiger partial charge on any atom is -0.436 e. The molecule has 9 heteroatoms. The molecule has 0 N–H and O–H groups in total. The summed E-state index contributed by atoms with van der Waals surface area (Å²) in [6, 6.07) is 66.1. The van der Waals surface area contributed by atoms with Crippen LogP contribution >= 0.6 is 11.3 Å². The molecular formula is C58H34N6O2S. The number of oxazole rings is 2. The topological polar surface area (TPSA) is 104 Å². The van der Waals surface area contributed by atoms with Gasteiger partial charge >= 0.3 is 0 Å².